The predicted molar refractivity (Wildman–Crippen MR) is 141 cm³/mol. The molecule has 1 heterocycles. The Kier molecular flexibility index (Phi) is 6.83. The van der Waals surface area contributed by atoms with Crippen LogP contribution in [0, 0.1) is 22.2 Å². The van der Waals surface area contributed by atoms with E-state index in [0.29, 0.717) is 18.4 Å². The van der Waals surface area contributed by atoms with Gasteiger partial charge in [0.1, 0.15) is 5.75 Å². The van der Waals surface area contributed by atoms with E-state index >= 15 is 0 Å². The number of likely N-dealkylation sites (tertiary alicyclic amines) is 1. The summed E-state index contributed by atoms with van der Waals surface area (Å²) in [7, 11) is 3.81. The summed E-state index contributed by atoms with van der Waals surface area (Å²) >= 11 is 1.28. The largest absolute Gasteiger partial charge is 0.497 e. The first kappa shape index (κ1) is 24.6. The highest BCUT2D eigenvalue weighted by atomic mass is 32.2. The number of methoxy groups -OCH3 is 1. The van der Waals surface area contributed by atoms with Crippen molar-refractivity contribution < 1.29 is 14.3 Å². The van der Waals surface area contributed by atoms with Crippen molar-refractivity contribution in [1.29, 1.82) is 0 Å². The number of fused-ring (bicyclic) bond motifs is 1. The van der Waals surface area contributed by atoms with Crippen molar-refractivity contribution in [3.8, 4) is 5.75 Å². The molecule has 3 fully saturated rings. The lowest BCUT2D eigenvalue weighted by Crippen LogP contribution is -2.57. The molecular weight excluding hydrogens is 460 g/mol. The molecule has 2 aromatic carbocycles. The summed E-state index contributed by atoms with van der Waals surface area (Å²) in [6, 6.07) is 12.1. The highest BCUT2D eigenvalue weighted by Crippen LogP contribution is 2.68. The molecule has 35 heavy (non-hydrogen) atoms. The van der Waals surface area contributed by atoms with Gasteiger partial charge in [0.25, 0.3) is 0 Å². The number of hydrogen-bond donors (Lipinski definition) is 0. The molecule has 2 saturated carbocycles. The Morgan fingerprint density at radius 1 is 1.11 bits per heavy atom. The van der Waals surface area contributed by atoms with Gasteiger partial charge in [-0.2, -0.15) is 0 Å². The molecule has 3 aliphatic rings. The second kappa shape index (κ2) is 9.74. The third-order valence-electron chi connectivity index (χ3n) is 8.74. The zero-order valence-corrected chi connectivity index (χ0v) is 21.8. The smallest absolute Gasteiger partial charge is 0.313 e. The van der Waals surface area contributed by atoms with Crippen LogP contribution < -0.4 is 4.74 Å². The summed E-state index contributed by atoms with van der Waals surface area (Å²) in [5.74, 6) is 1.28. The molecule has 0 radical (unpaired) electrons. The second-order valence-electron chi connectivity index (χ2n) is 10.9. The molecule has 0 N–H and O–H groups in total. The van der Waals surface area contributed by atoms with Gasteiger partial charge in [-0.25, -0.2) is 0 Å². The molecule has 0 bridgehead atoms. The van der Waals surface area contributed by atoms with Gasteiger partial charge in [0, 0.05) is 21.9 Å². The highest BCUT2D eigenvalue weighted by Gasteiger charge is 2.66. The summed E-state index contributed by atoms with van der Waals surface area (Å²) < 4.78 is 14.7. The van der Waals surface area contributed by atoms with Crippen LogP contribution in [0.3, 0.4) is 0 Å². The predicted octanol–water partition coefficient (Wildman–Crippen LogP) is 6.18. The quantitative estimate of drug-likeness (QED) is 0.222. The fourth-order valence-electron chi connectivity index (χ4n) is 6.33. The molecule has 188 valence electrons. The SMILES string of the molecule is COc1ccc2cc([C@H](C)C(=O)OCC3(C(SN=O)(C4CC4)C4CC4)CCN(C)CC3)ccc2c1. The van der Waals surface area contributed by atoms with Gasteiger partial charge in [-0.3, -0.25) is 4.79 Å². The topological polar surface area (TPSA) is 68.2 Å². The second-order valence-corrected chi connectivity index (χ2v) is 11.9. The minimum atomic E-state index is -0.363. The number of nitroso groups, excluding NO2 is 1. The van der Waals surface area contributed by atoms with Gasteiger partial charge >= 0.3 is 5.97 Å². The van der Waals surface area contributed by atoms with Gasteiger partial charge in [-0.1, -0.05) is 24.3 Å². The van der Waals surface area contributed by atoms with Gasteiger partial charge in [-0.15, -0.1) is 4.91 Å². The van der Waals surface area contributed by atoms with Gasteiger partial charge in [0.2, 0.25) is 0 Å². The first-order chi connectivity index (χ1) is 16.9. The minimum Gasteiger partial charge on any atom is -0.497 e. The number of ether oxygens (including phenoxy) is 2. The number of benzene rings is 2. The summed E-state index contributed by atoms with van der Waals surface area (Å²) in [6.07, 6.45) is 6.51. The van der Waals surface area contributed by atoms with Gasteiger partial charge in [0.15, 0.2) is 0 Å². The van der Waals surface area contributed by atoms with Crippen molar-refractivity contribution >= 4 is 28.7 Å². The van der Waals surface area contributed by atoms with E-state index in [1.807, 2.05) is 37.3 Å². The Morgan fingerprint density at radius 3 is 2.34 bits per heavy atom. The summed E-state index contributed by atoms with van der Waals surface area (Å²) in [6.45, 7) is 4.22. The Bertz CT molecular complexity index is 1080. The van der Waals surface area contributed by atoms with E-state index in [0.717, 1.165) is 73.7 Å². The van der Waals surface area contributed by atoms with E-state index in [1.165, 1.54) is 11.9 Å². The summed E-state index contributed by atoms with van der Waals surface area (Å²) in [5.41, 5.74) is 0.750. The van der Waals surface area contributed by atoms with Crippen molar-refractivity contribution in [2.45, 2.75) is 56.1 Å². The van der Waals surface area contributed by atoms with Crippen molar-refractivity contribution in [3.63, 3.8) is 0 Å². The Morgan fingerprint density at radius 2 is 1.74 bits per heavy atom. The van der Waals surface area contributed by atoms with Crippen LogP contribution >= 0.6 is 11.9 Å². The van der Waals surface area contributed by atoms with Crippen LogP contribution in [0.2, 0.25) is 0 Å². The third kappa shape index (κ3) is 4.57. The molecular formula is C28H36N2O4S. The molecule has 2 aromatic rings. The van der Waals surface area contributed by atoms with Crippen LogP contribution in [-0.2, 0) is 9.53 Å². The van der Waals surface area contributed by atoms with Crippen LogP contribution in [0.4, 0.5) is 0 Å². The maximum absolute atomic E-state index is 13.3. The fraction of sp³-hybridized carbons (Fsp3) is 0.607. The summed E-state index contributed by atoms with van der Waals surface area (Å²) in [4.78, 5) is 27.4. The van der Waals surface area contributed by atoms with Gasteiger partial charge in [0.05, 0.1) is 24.4 Å². The van der Waals surface area contributed by atoms with E-state index < -0.39 is 0 Å². The molecule has 7 heteroatoms. The number of carbonyl (C=O) groups is 1. The number of nitrogens with zero attached hydrogens (tertiary/aromatic N) is 2. The van der Waals surface area contributed by atoms with E-state index in [1.54, 1.807) is 7.11 Å². The lowest BCUT2D eigenvalue weighted by molar-refractivity contribution is -0.151. The normalized spacial score (nSPS) is 21.5. The van der Waals surface area contributed by atoms with Crippen molar-refractivity contribution in [1.82, 2.24) is 4.90 Å². The van der Waals surface area contributed by atoms with E-state index in [4.69, 9.17) is 9.47 Å². The highest BCUT2D eigenvalue weighted by molar-refractivity contribution is 7.99. The van der Waals surface area contributed by atoms with Gasteiger partial charge < -0.3 is 14.4 Å². The Balaban J connectivity index is 1.36. The molecule has 0 unspecified atom stereocenters. The summed E-state index contributed by atoms with van der Waals surface area (Å²) in [5, 5.41) is 2.15. The maximum Gasteiger partial charge on any atom is 0.313 e. The van der Waals surface area contributed by atoms with Crippen LogP contribution in [0.1, 0.15) is 56.9 Å². The Hall–Kier alpha value is -2.12. The lowest BCUT2D eigenvalue weighted by Gasteiger charge is -2.52. The monoisotopic (exact) mass is 496 g/mol. The maximum atomic E-state index is 13.3. The van der Waals surface area contributed by atoms with Crippen molar-refractivity contribution in [2.75, 3.05) is 33.9 Å². The van der Waals surface area contributed by atoms with Crippen LogP contribution in [0.15, 0.2) is 41.0 Å². The number of piperidine rings is 1. The number of esters is 1. The molecule has 1 atom stereocenters. The lowest BCUT2D eigenvalue weighted by atomic mass is 9.64. The van der Waals surface area contributed by atoms with Crippen LogP contribution in [0.5, 0.6) is 5.75 Å². The zero-order chi connectivity index (χ0) is 24.6. The average Bonchev–Trinajstić information content (AvgIpc) is 3.79. The van der Waals surface area contributed by atoms with Crippen molar-refractivity contribution in [2.24, 2.45) is 21.8 Å². The molecule has 6 nitrogen and oxygen atoms in total. The van der Waals surface area contributed by atoms with E-state index in [9.17, 15) is 9.70 Å². The van der Waals surface area contributed by atoms with E-state index in [2.05, 4.69) is 22.6 Å². The molecule has 1 aliphatic heterocycles. The van der Waals surface area contributed by atoms with Crippen LogP contribution in [0.25, 0.3) is 10.8 Å². The Labute approximate surface area is 212 Å². The van der Waals surface area contributed by atoms with Gasteiger partial charge in [-0.05, 0) is 106 Å². The number of rotatable bonds is 10. The van der Waals surface area contributed by atoms with Crippen molar-refractivity contribution in [3.05, 3.63) is 46.9 Å². The first-order valence-corrected chi connectivity index (χ1v) is 13.6. The fourth-order valence-corrected chi connectivity index (χ4v) is 7.68. The number of hydrogen-bond acceptors (Lipinski definition) is 7. The third-order valence-corrected chi connectivity index (χ3v) is 10.2. The molecule has 5 rings (SSSR count). The van der Waals surface area contributed by atoms with Crippen LogP contribution in [-0.4, -0.2) is 49.5 Å². The van der Waals surface area contributed by atoms with E-state index in [-0.39, 0.29) is 22.0 Å². The first-order valence-electron chi connectivity index (χ1n) is 12.9. The minimum absolute atomic E-state index is 0.193. The molecule has 0 spiro atoms. The molecule has 0 amide bonds. The standard InChI is InChI=1S/C28H36N2O4S/c1-19(20-4-5-22-17-25(33-3)11-6-21(22)16-20)26(31)34-18-27(12-14-30(2)15-13-27)28(35-29-32,23-7-8-23)24-9-10-24/h4-6,11,16-17,19,23-24H,7-10,12-15,18H2,1-3H3/t19-/m0/s1. The molecule has 0 aromatic heterocycles. The average molecular weight is 497 g/mol. The molecule has 1 saturated heterocycles. The molecule has 2 aliphatic carbocycles. The zero-order valence-electron chi connectivity index (χ0n) is 21.0. The number of carbonyl (C=O) groups excluding carboxylic acids is 1.